The Bertz CT molecular complexity index is 388. The molecule has 0 aromatic rings. The Kier molecular flexibility index (Phi) is 3.63. The molecule has 1 unspecified atom stereocenters. The Morgan fingerprint density at radius 2 is 2.00 bits per heavy atom. The molecule has 4 heteroatoms. The van der Waals surface area contributed by atoms with E-state index in [0.717, 1.165) is 25.8 Å². The summed E-state index contributed by atoms with van der Waals surface area (Å²) in [6.07, 6.45) is 3.55. The normalized spacial score (nSPS) is 29.2. The first kappa shape index (κ1) is 14.4. The Hall–Kier alpha value is -1.06. The first-order valence-corrected chi connectivity index (χ1v) is 7.39. The molecule has 1 aliphatic carbocycles. The van der Waals surface area contributed by atoms with Crippen LogP contribution in [0.3, 0.4) is 0 Å². The molecular formula is C15H26N2O2. The minimum absolute atomic E-state index is 0.0135. The Labute approximate surface area is 115 Å². The maximum absolute atomic E-state index is 12.8. The van der Waals surface area contributed by atoms with E-state index in [1.54, 1.807) is 0 Å². The lowest BCUT2D eigenvalue weighted by atomic mass is 9.88. The molecule has 1 N–H and O–H groups in total. The molecule has 19 heavy (non-hydrogen) atoms. The molecule has 1 saturated heterocycles. The Balaban J connectivity index is 2.19. The fraction of sp³-hybridized carbons (Fsp3) is 0.867. The maximum Gasteiger partial charge on any atom is 0.248 e. The van der Waals surface area contributed by atoms with Crippen LogP contribution in [-0.2, 0) is 9.59 Å². The molecule has 0 radical (unpaired) electrons. The second-order valence-electron chi connectivity index (χ2n) is 7.02. The number of rotatable bonds is 4. The maximum atomic E-state index is 12.8. The van der Waals surface area contributed by atoms with Crippen molar-refractivity contribution in [2.24, 2.45) is 11.3 Å². The van der Waals surface area contributed by atoms with Crippen LogP contribution in [-0.4, -0.2) is 35.3 Å². The number of hydrogen-bond acceptors (Lipinski definition) is 2. The number of nitrogens with one attached hydrogen (secondary N) is 1. The van der Waals surface area contributed by atoms with Gasteiger partial charge in [0.1, 0.15) is 5.54 Å². The smallest absolute Gasteiger partial charge is 0.248 e. The Morgan fingerprint density at radius 3 is 2.53 bits per heavy atom. The predicted molar refractivity (Wildman–Crippen MR) is 74.5 cm³/mol. The number of carbonyl (C=O) groups excluding carboxylic acids is 2. The van der Waals surface area contributed by atoms with Crippen molar-refractivity contribution >= 4 is 11.8 Å². The van der Waals surface area contributed by atoms with Gasteiger partial charge in [-0.15, -0.1) is 0 Å². The third kappa shape index (κ3) is 2.93. The van der Waals surface area contributed by atoms with E-state index < -0.39 is 5.54 Å². The molecule has 4 nitrogen and oxygen atoms in total. The largest absolute Gasteiger partial charge is 0.342 e. The highest BCUT2D eigenvalue weighted by molar-refractivity contribution is 5.93. The zero-order chi connectivity index (χ0) is 14.3. The van der Waals surface area contributed by atoms with Crippen LogP contribution < -0.4 is 5.32 Å². The monoisotopic (exact) mass is 266 g/mol. The van der Waals surface area contributed by atoms with E-state index in [-0.39, 0.29) is 17.2 Å². The molecule has 2 fully saturated rings. The summed E-state index contributed by atoms with van der Waals surface area (Å²) >= 11 is 0. The van der Waals surface area contributed by atoms with E-state index in [1.165, 1.54) is 0 Å². The first-order chi connectivity index (χ1) is 8.78. The summed E-state index contributed by atoms with van der Waals surface area (Å²) in [6.45, 7) is 9.69. The minimum atomic E-state index is -0.669. The SMILES string of the molecule is CCC(C)(C)CN1CCC(=O)NC(C)(C2CC2)C1=O. The molecule has 1 aliphatic heterocycles. The fourth-order valence-corrected chi connectivity index (χ4v) is 2.79. The van der Waals surface area contributed by atoms with Crippen molar-refractivity contribution in [2.45, 2.75) is 58.9 Å². The molecule has 0 spiro atoms. The van der Waals surface area contributed by atoms with Crippen LogP contribution in [0.4, 0.5) is 0 Å². The molecule has 2 rings (SSSR count). The van der Waals surface area contributed by atoms with Gasteiger partial charge in [-0.1, -0.05) is 20.8 Å². The lowest BCUT2D eigenvalue weighted by Crippen LogP contribution is -2.57. The van der Waals surface area contributed by atoms with Crippen molar-refractivity contribution in [3.05, 3.63) is 0 Å². The zero-order valence-corrected chi connectivity index (χ0v) is 12.6. The molecule has 0 aromatic heterocycles. The second-order valence-corrected chi connectivity index (χ2v) is 7.02. The van der Waals surface area contributed by atoms with Crippen LogP contribution in [0.2, 0.25) is 0 Å². The molecule has 2 aliphatic rings. The van der Waals surface area contributed by atoms with Gasteiger partial charge >= 0.3 is 0 Å². The number of hydrogen-bond donors (Lipinski definition) is 1. The Morgan fingerprint density at radius 1 is 1.37 bits per heavy atom. The van der Waals surface area contributed by atoms with E-state index in [9.17, 15) is 9.59 Å². The van der Waals surface area contributed by atoms with Crippen LogP contribution >= 0.6 is 0 Å². The summed E-state index contributed by atoms with van der Waals surface area (Å²) in [5, 5.41) is 2.97. The van der Waals surface area contributed by atoms with Gasteiger partial charge in [-0.2, -0.15) is 0 Å². The topological polar surface area (TPSA) is 49.4 Å². The van der Waals surface area contributed by atoms with E-state index in [2.05, 4.69) is 26.1 Å². The number of amides is 2. The molecule has 0 aromatic carbocycles. The zero-order valence-electron chi connectivity index (χ0n) is 12.6. The van der Waals surface area contributed by atoms with Gasteiger partial charge in [0, 0.05) is 19.5 Å². The van der Waals surface area contributed by atoms with Gasteiger partial charge in [0.05, 0.1) is 0 Å². The van der Waals surface area contributed by atoms with Crippen LogP contribution in [0.5, 0.6) is 0 Å². The van der Waals surface area contributed by atoms with Crippen LogP contribution in [0.25, 0.3) is 0 Å². The minimum Gasteiger partial charge on any atom is -0.342 e. The van der Waals surface area contributed by atoms with Crippen molar-refractivity contribution in [3.8, 4) is 0 Å². The fourth-order valence-electron chi connectivity index (χ4n) is 2.79. The summed E-state index contributed by atoms with van der Waals surface area (Å²) < 4.78 is 0. The summed E-state index contributed by atoms with van der Waals surface area (Å²) in [4.78, 5) is 26.6. The van der Waals surface area contributed by atoms with Crippen LogP contribution in [0, 0.1) is 11.3 Å². The van der Waals surface area contributed by atoms with Gasteiger partial charge < -0.3 is 10.2 Å². The van der Waals surface area contributed by atoms with Gasteiger partial charge in [0.2, 0.25) is 11.8 Å². The third-order valence-electron chi connectivity index (χ3n) is 4.71. The molecule has 1 heterocycles. The summed E-state index contributed by atoms with van der Waals surface area (Å²) in [5.74, 6) is 0.455. The van der Waals surface area contributed by atoms with E-state index in [0.29, 0.717) is 18.9 Å². The molecule has 0 bridgehead atoms. The van der Waals surface area contributed by atoms with Crippen molar-refractivity contribution in [3.63, 3.8) is 0 Å². The molecule has 2 amide bonds. The average molecular weight is 266 g/mol. The van der Waals surface area contributed by atoms with E-state index in [4.69, 9.17) is 0 Å². The molecule has 108 valence electrons. The van der Waals surface area contributed by atoms with Crippen LogP contribution in [0.1, 0.15) is 53.4 Å². The molecule has 1 saturated carbocycles. The van der Waals surface area contributed by atoms with Gasteiger partial charge in [-0.05, 0) is 37.5 Å². The standard InChI is InChI=1S/C15H26N2O2/c1-5-14(2,3)10-17-9-8-12(18)16-15(4,13(17)19)11-6-7-11/h11H,5-10H2,1-4H3,(H,16,18). The third-order valence-corrected chi connectivity index (χ3v) is 4.71. The first-order valence-electron chi connectivity index (χ1n) is 7.39. The van der Waals surface area contributed by atoms with Crippen molar-refractivity contribution < 1.29 is 9.59 Å². The van der Waals surface area contributed by atoms with Crippen molar-refractivity contribution in [1.29, 1.82) is 0 Å². The lowest BCUT2D eigenvalue weighted by molar-refractivity contribution is -0.140. The number of carbonyl (C=O) groups is 2. The van der Waals surface area contributed by atoms with Crippen molar-refractivity contribution in [1.82, 2.24) is 10.2 Å². The quantitative estimate of drug-likeness (QED) is 0.845. The second kappa shape index (κ2) is 4.80. The molecular weight excluding hydrogens is 240 g/mol. The number of nitrogens with zero attached hydrogens (tertiary/aromatic N) is 1. The van der Waals surface area contributed by atoms with Crippen molar-refractivity contribution in [2.75, 3.05) is 13.1 Å². The van der Waals surface area contributed by atoms with Gasteiger partial charge in [-0.25, -0.2) is 0 Å². The van der Waals surface area contributed by atoms with Gasteiger partial charge in [0.15, 0.2) is 0 Å². The van der Waals surface area contributed by atoms with Gasteiger partial charge in [-0.3, -0.25) is 9.59 Å². The van der Waals surface area contributed by atoms with E-state index in [1.807, 2.05) is 11.8 Å². The highest BCUT2D eigenvalue weighted by atomic mass is 16.2. The highest BCUT2D eigenvalue weighted by Gasteiger charge is 2.51. The van der Waals surface area contributed by atoms with E-state index >= 15 is 0 Å². The summed E-state index contributed by atoms with van der Waals surface area (Å²) in [7, 11) is 0. The summed E-state index contributed by atoms with van der Waals surface area (Å²) in [5.41, 5.74) is -0.565. The lowest BCUT2D eigenvalue weighted by Gasteiger charge is -2.36. The average Bonchev–Trinajstić information content (AvgIpc) is 3.17. The van der Waals surface area contributed by atoms with Crippen LogP contribution in [0.15, 0.2) is 0 Å². The van der Waals surface area contributed by atoms with Gasteiger partial charge in [0.25, 0.3) is 0 Å². The highest BCUT2D eigenvalue weighted by Crippen LogP contribution is 2.41. The summed E-state index contributed by atoms with van der Waals surface area (Å²) in [6, 6.07) is 0. The predicted octanol–water partition coefficient (Wildman–Crippen LogP) is 1.94. The molecule has 1 atom stereocenters.